The number of ether oxygens (including phenoxy) is 1. The predicted molar refractivity (Wildman–Crippen MR) is 79.7 cm³/mol. The van der Waals surface area contributed by atoms with E-state index in [2.05, 4.69) is 4.90 Å². The van der Waals surface area contributed by atoms with Gasteiger partial charge in [-0.15, -0.1) is 0 Å². The number of carboxylic acids is 1. The van der Waals surface area contributed by atoms with Crippen molar-refractivity contribution in [1.29, 1.82) is 0 Å². The minimum absolute atomic E-state index is 0.278. The van der Waals surface area contributed by atoms with Crippen molar-refractivity contribution in [3.05, 3.63) is 23.2 Å². The highest BCUT2D eigenvalue weighted by atomic mass is 35.5. The van der Waals surface area contributed by atoms with Gasteiger partial charge in [-0.1, -0.05) is 18.5 Å². The summed E-state index contributed by atoms with van der Waals surface area (Å²) in [7, 11) is 1.60. The molecule has 0 amide bonds. The van der Waals surface area contributed by atoms with Gasteiger partial charge in [0.15, 0.2) is 0 Å². The van der Waals surface area contributed by atoms with Crippen LogP contribution in [0.2, 0.25) is 5.02 Å². The van der Waals surface area contributed by atoms with E-state index in [9.17, 15) is 4.79 Å². The molecule has 20 heavy (non-hydrogen) atoms. The van der Waals surface area contributed by atoms with Crippen molar-refractivity contribution in [3.63, 3.8) is 0 Å². The molecule has 110 valence electrons. The lowest BCUT2D eigenvalue weighted by Gasteiger charge is -2.20. The summed E-state index contributed by atoms with van der Waals surface area (Å²) in [6, 6.07) is 5.77. The summed E-state index contributed by atoms with van der Waals surface area (Å²) in [5.41, 5.74) is 1.07. The zero-order chi connectivity index (χ0) is 14.7. The molecule has 0 radical (unpaired) electrons. The van der Waals surface area contributed by atoms with Crippen LogP contribution in [0.3, 0.4) is 0 Å². The zero-order valence-electron chi connectivity index (χ0n) is 11.8. The highest BCUT2D eigenvalue weighted by Gasteiger charge is 2.26. The number of rotatable bonds is 5. The predicted octanol–water partition coefficient (Wildman–Crippen LogP) is 3.29. The number of anilines is 1. The molecule has 1 heterocycles. The number of carbonyl (C=O) groups is 1. The maximum Gasteiger partial charge on any atom is 0.306 e. The molecule has 1 fully saturated rings. The molecule has 4 nitrogen and oxygen atoms in total. The van der Waals surface area contributed by atoms with Crippen molar-refractivity contribution in [2.45, 2.75) is 19.8 Å². The van der Waals surface area contributed by atoms with Gasteiger partial charge in [0.05, 0.1) is 18.1 Å². The summed E-state index contributed by atoms with van der Waals surface area (Å²) in [5.74, 6) is 0.114. The van der Waals surface area contributed by atoms with Crippen LogP contribution in [-0.4, -0.2) is 31.3 Å². The van der Waals surface area contributed by atoms with Gasteiger partial charge in [0, 0.05) is 18.8 Å². The van der Waals surface area contributed by atoms with Gasteiger partial charge >= 0.3 is 5.97 Å². The van der Waals surface area contributed by atoms with Crippen LogP contribution in [-0.2, 0) is 4.79 Å². The average Bonchev–Trinajstić information content (AvgIpc) is 2.87. The Balaban J connectivity index is 1.99. The Kier molecular flexibility index (Phi) is 4.76. The zero-order valence-corrected chi connectivity index (χ0v) is 12.6. The minimum atomic E-state index is -0.712. The molecule has 0 bridgehead atoms. The van der Waals surface area contributed by atoms with Crippen LogP contribution in [0.4, 0.5) is 5.69 Å². The number of aliphatic carboxylic acids is 1. The molecular formula is C15H20ClNO3. The van der Waals surface area contributed by atoms with Crippen molar-refractivity contribution in [2.24, 2.45) is 11.8 Å². The van der Waals surface area contributed by atoms with Crippen LogP contribution in [0.5, 0.6) is 5.75 Å². The maximum atomic E-state index is 10.9. The van der Waals surface area contributed by atoms with Gasteiger partial charge in [0.2, 0.25) is 0 Å². The topological polar surface area (TPSA) is 49.8 Å². The van der Waals surface area contributed by atoms with Gasteiger partial charge in [-0.3, -0.25) is 4.79 Å². The molecule has 2 atom stereocenters. The second kappa shape index (κ2) is 6.35. The van der Waals surface area contributed by atoms with E-state index in [1.807, 2.05) is 18.2 Å². The van der Waals surface area contributed by atoms with E-state index in [1.165, 1.54) is 0 Å². The monoisotopic (exact) mass is 297 g/mol. The van der Waals surface area contributed by atoms with E-state index in [4.69, 9.17) is 21.4 Å². The first kappa shape index (κ1) is 15.0. The number of hydrogen-bond donors (Lipinski definition) is 1. The molecule has 1 aromatic carbocycles. The molecular weight excluding hydrogens is 278 g/mol. The first-order valence-electron chi connectivity index (χ1n) is 6.82. The third-order valence-electron chi connectivity index (χ3n) is 3.89. The van der Waals surface area contributed by atoms with Crippen molar-refractivity contribution in [1.82, 2.24) is 0 Å². The van der Waals surface area contributed by atoms with Gasteiger partial charge in [-0.25, -0.2) is 0 Å². The van der Waals surface area contributed by atoms with Crippen molar-refractivity contribution < 1.29 is 14.6 Å². The third kappa shape index (κ3) is 3.37. The molecule has 1 aliphatic rings. The lowest BCUT2D eigenvalue weighted by molar-refractivity contribution is -0.141. The van der Waals surface area contributed by atoms with E-state index in [0.717, 1.165) is 31.6 Å². The molecule has 1 saturated heterocycles. The largest absolute Gasteiger partial charge is 0.495 e. The smallest absolute Gasteiger partial charge is 0.306 e. The summed E-state index contributed by atoms with van der Waals surface area (Å²) in [6.07, 6.45) is 1.76. The fourth-order valence-electron chi connectivity index (χ4n) is 2.71. The van der Waals surface area contributed by atoms with Gasteiger partial charge in [0.25, 0.3) is 0 Å². The highest BCUT2D eigenvalue weighted by molar-refractivity contribution is 6.32. The Morgan fingerprint density at radius 2 is 2.35 bits per heavy atom. The van der Waals surface area contributed by atoms with E-state index < -0.39 is 5.97 Å². The first-order chi connectivity index (χ1) is 9.51. The molecule has 5 heteroatoms. The van der Waals surface area contributed by atoms with E-state index in [0.29, 0.717) is 16.7 Å². The summed E-state index contributed by atoms with van der Waals surface area (Å²) in [4.78, 5) is 13.2. The van der Waals surface area contributed by atoms with Crippen molar-refractivity contribution in [2.75, 3.05) is 25.1 Å². The van der Waals surface area contributed by atoms with Gasteiger partial charge in [-0.2, -0.15) is 0 Å². The first-order valence-corrected chi connectivity index (χ1v) is 7.20. The number of carboxylic acid groups (broad SMARTS) is 1. The SMILES string of the molecule is COc1ccc(N2CCC(CC(C)C(=O)O)C2)cc1Cl. The second-order valence-corrected chi connectivity index (χ2v) is 5.80. The molecule has 1 N–H and O–H groups in total. The van der Waals surface area contributed by atoms with Crippen LogP contribution in [0, 0.1) is 11.8 Å². The summed E-state index contributed by atoms with van der Waals surface area (Å²) < 4.78 is 5.15. The fraction of sp³-hybridized carbons (Fsp3) is 0.533. The Hall–Kier alpha value is -1.42. The quantitative estimate of drug-likeness (QED) is 0.906. The molecule has 0 aromatic heterocycles. The van der Waals surface area contributed by atoms with E-state index >= 15 is 0 Å². The van der Waals surface area contributed by atoms with Crippen LogP contribution in [0.15, 0.2) is 18.2 Å². The third-order valence-corrected chi connectivity index (χ3v) is 4.19. The van der Waals surface area contributed by atoms with Gasteiger partial charge in [0.1, 0.15) is 5.75 Å². The maximum absolute atomic E-state index is 10.9. The van der Waals surface area contributed by atoms with Gasteiger partial charge in [-0.05, 0) is 37.0 Å². The second-order valence-electron chi connectivity index (χ2n) is 5.39. The molecule has 0 aliphatic carbocycles. The average molecular weight is 298 g/mol. The summed E-state index contributed by atoms with van der Waals surface area (Å²) in [5, 5.41) is 9.58. The van der Waals surface area contributed by atoms with E-state index in [-0.39, 0.29) is 5.92 Å². The molecule has 0 spiro atoms. The molecule has 2 unspecified atom stereocenters. The van der Waals surface area contributed by atoms with Crippen LogP contribution >= 0.6 is 11.6 Å². The number of benzene rings is 1. The Bertz CT molecular complexity index is 492. The number of halogens is 1. The standard InChI is InChI=1S/C15H20ClNO3/c1-10(15(18)19)7-11-5-6-17(9-11)12-3-4-14(20-2)13(16)8-12/h3-4,8,10-11H,5-7,9H2,1-2H3,(H,18,19). The highest BCUT2D eigenvalue weighted by Crippen LogP contribution is 2.33. The molecule has 0 saturated carbocycles. The normalized spacial score (nSPS) is 19.9. The minimum Gasteiger partial charge on any atom is -0.495 e. The van der Waals surface area contributed by atoms with Crippen molar-refractivity contribution >= 4 is 23.3 Å². The number of methoxy groups -OCH3 is 1. The molecule has 1 aliphatic heterocycles. The lowest BCUT2D eigenvalue weighted by atomic mass is 9.95. The fourth-order valence-corrected chi connectivity index (χ4v) is 2.96. The van der Waals surface area contributed by atoms with E-state index in [1.54, 1.807) is 14.0 Å². The number of hydrogen-bond acceptors (Lipinski definition) is 3. The Morgan fingerprint density at radius 3 is 2.95 bits per heavy atom. The Morgan fingerprint density at radius 1 is 1.60 bits per heavy atom. The Labute approximate surface area is 124 Å². The summed E-state index contributed by atoms with van der Waals surface area (Å²) >= 11 is 6.14. The van der Waals surface area contributed by atoms with Gasteiger partial charge < -0.3 is 14.7 Å². The van der Waals surface area contributed by atoms with Crippen LogP contribution in [0.25, 0.3) is 0 Å². The molecule has 2 rings (SSSR count). The number of nitrogens with zero attached hydrogens (tertiary/aromatic N) is 1. The van der Waals surface area contributed by atoms with Crippen LogP contribution < -0.4 is 9.64 Å². The van der Waals surface area contributed by atoms with Crippen molar-refractivity contribution in [3.8, 4) is 5.75 Å². The van der Waals surface area contributed by atoms with Crippen LogP contribution in [0.1, 0.15) is 19.8 Å². The lowest BCUT2D eigenvalue weighted by Crippen LogP contribution is -2.21. The molecule has 1 aromatic rings. The summed E-state index contributed by atoms with van der Waals surface area (Å²) in [6.45, 7) is 3.61.